The van der Waals surface area contributed by atoms with E-state index in [1.807, 2.05) is 6.08 Å². The van der Waals surface area contributed by atoms with Gasteiger partial charge in [0.15, 0.2) is 0 Å². The average molecular weight is 288 g/mol. The third-order valence-corrected chi connectivity index (χ3v) is 4.36. The lowest BCUT2D eigenvalue weighted by atomic mass is 9.73. The zero-order valence-electron chi connectivity index (χ0n) is 13.8. The standard InChI is InChI=1S/C22H24/c1-6-16-22(5,19-12-9-8-10-13-19)21-15-11-14-20(18(21)4)17(3)7-2/h6-16H,2-3H2,1,4-5H3. The van der Waals surface area contributed by atoms with E-state index in [4.69, 9.17) is 0 Å². The Morgan fingerprint density at radius 2 is 1.73 bits per heavy atom. The predicted octanol–water partition coefficient (Wildman–Crippen LogP) is 6.08. The number of hydrogen-bond acceptors (Lipinski definition) is 0. The Hall–Kier alpha value is -2.34. The molecule has 1 unspecified atom stereocenters. The second-order valence-corrected chi connectivity index (χ2v) is 5.78. The monoisotopic (exact) mass is 288 g/mol. The molecule has 0 aliphatic rings. The lowest BCUT2D eigenvalue weighted by Crippen LogP contribution is -2.22. The number of allylic oxidation sites excluding steroid dienone is 4. The summed E-state index contributed by atoms with van der Waals surface area (Å²) in [5, 5.41) is 0. The fourth-order valence-corrected chi connectivity index (χ4v) is 3.12. The number of rotatable bonds is 5. The van der Waals surface area contributed by atoms with Crippen molar-refractivity contribution in [3.63, 3.8) is 0 Å². The molecule has 2 rings (SSSR count). The summed E-state index contributed by atoms with van der Waals surface area (Å²) in [7, 11) is 0. The van der Waals surface area contributed by atoms with Gasteiger partial charge in [-0.1, -0.05) is 79.9 Å². The highest BCUT2D eigenvalue weighted by Gasteiger charge is 2.27. The van der Waals surface area contributed by atoms with Crippen LogP contribution in [0.2, 0.25) is 0 Å². The molecule has 0 aliphatic heterocycles. The van der Waals surface area contributed by atoms with Gasteiger partial charge < -0.3 is 0 Å². The molecule has 22 heavy (non-hydrogen) atoms. The minimum Gasteiger partial charge on any atom is -0.0985 e. The molecule has 0 heterocycles. The Morgan fingerprint density at radius 1 is 1.05 bits per heavy atom. The minimum absolute atomic E-state index is 0.155. The fourth-order valence-electron chi connectivity index (χ4n) is 3.12. The first-order chi connectivity index (χ1) is 10.5. The van der Waals surface area contributed by atoms with Crippen LogP contribution < -0.4 is 0 Å². The van der Waals surface area contributed by atoms with Gasteiger partial charge in [0.05, 0.1) is 0 Å². The average Bonchev–Trinajstić information content (AvgIpc) is 2.55. The van der Waals surface area contributed by atoms with Crippen molar-refractivity contribution in [1.29, 1.82) is 0 Å². The highest BCUT2D eigenvalue weighted by atomic mass is 14.3. The largest absolute Gasteiger partial charge is 0.0985 e. The first-order valence-electron chi connectivity index (χ1n) is 7.65. The van der Waals surface area contributed by atoms with Crippen molar-refractivity contribution in [2.24, 2.45) is 0 Å². The highest BCUT2D eigenvalue weighted by molar-refractivity contribution is 5.75. The SMILES string of the molecule is C=CC(=C)c1cccc(C(C)(C=CC)c2ccccc2)c1C. The third-order valence-electron chi connectivity index (χ3n) is 4.36. The lowest BCUT2D eigenvalue weighted by molar-refractivity contribution is 0.716. The molecule has 0 spiro atoms. The van der Waals surface area contributed by atoms with Crippen molar-refractivity contribution in [2.45, 2.75) is 26.2 Å². The summed E-state index contributed by atoms with van der Waals surface area (Å²) in [5.41, 5.74) is 5.83. The van der Waals surface area contributed by atoms with Crippen molar-refractivity contribution in [3.05, 3.63) is 102 Å². The van der Waals surface area contributed by atoms with Gasteiger partial charge in [0, 0.05) is 5.41 Å². The van der Waals surface area contributed by atoms with Crippen LogP contribution >= 0.6 is 0 Å². The molecule has 2 aromatic rings. The van der Waals surface area contributed by atoms with Gasteiger partial charge in [-0.05, 0) is 48.6 Å². The second-order valence-electron chi connectivity index (χ2n) is 5.78. The molecule has 0 saturated carbocycles. The molecular weight excluding hydrogens is 264 g/mol. The maximum atomic E-state index is 4.11. The summed E-state index contributed by atoms with van der Waals surface area (Å²) < 4.78 is 0. The van der Waals surface area contributed by atoms with Crippen LogP contribution in [0.15, 0.2) is 79.9 Å². The van der Waals surface area contributed by atoms with Crippen molar-refractivity contribution in [3.8, 4) is 0 Å². The Kier molecular flexibility index (Phi) is 4.82. The van der Waals surface area contributed by atoms with E-state index in [-0.39, 0.29) is 5.41 Å². The van der Waals surface area contributed by atoms with Crippen LogP contribution in [0.4, 0.5) is 0 Å². The molecule has 112 valence electrons. The van der Waals surface area contributed by atoms with Crippen LogP contribution in [0.1, 0.15) is 36.1 Å². The molecule has 0 heteroatoms. The van der Waals surface area contributed by atoms with Crippen molar-refractivity contribution >= 4 is 5.57 Å². The summed E-state index contributed by atoms with van der Waals surface area (Å²) >= 11 is 0. The van der Waals surface area contributed by atoms with Crippen LogP contribution in [-0.4, -0.2) is 0 Å². The predicted molar refractivity (Wildman–Crippen MR) is 98.1 cm³/mol. The van der Waals surface area contributed by atoms with E-state index in [0.717, 1.165) is 5.57 Å². The van der Waals surface area contributed by atoms with E-state index < -0.39 is 0 Å². The fraction of sp³-hybridized carbons (Fsp3) is 0.182. The zero-order valence-corrected chi connectivity index (χ0v) is 13.8. The lowest BCUT2D eigenvalue weighted by Gasteiger charge is -2.30. The van der Waals surface area contributed by atoms with Crippen LogP contribution in [0, 0.1) is 6.92 Å². The Bertz CT molecular complexity index is 704. The number of benzene rings is 2. The Labute approximate surface area is 134 Å². The summed E-state index contributed by atoms with van der Waals surface area (Å²) in [4.78, 5) is 0. The van der Waals surface area contributed by atoms with Gasteiger partial charge in [-0.15, -0.1) is 0 Å². The smallest absolute Gasteiger partial charge is 0.0356 e. The number of hydrogen-bond donors (Lipinski definition) is 0. The maximum Gasteiger partial charge on any atom is 0.0356 e. The van der Waals surface area contributed by atoms with Crippen molar-refractivity contribution in [2.75, 3.05) is 0 Å². The second kappa shape index (κ2) is 6.62. The first kappa shape index (κ1) is 16.0. The molecule has 0 aromatic heterocycles. The highest BCUT2D eigenvalue weighted by Crippen LogP contribution is 2.37. The Morgan fingerprint density at radius 3 is 2.32 bits per heavy atom. The molecule has 0 N–H and O–H groups in total. The summed E-state index contributed by atoms with van der Waals surface area (Å²) in [6, 6.07) is 17.1. The molecule has 0 radical (unpaired) electrons. The van der Waals surface area contributed by atoms with E-state index in [1.165, 1.54) is 22.3 Å². The van der Waals surface area contributed by atoms with Gasteiger partial charge in [0.2, 0.25) is 0 Å². The maximum absolute atomic E-state index is 4.11. The van der Waals surface area contributed by atoms with Crippen LogP contribution in [0.25, 0.3) is 5.57 Å². The molecule has 1 atom stereocenters. The van der Waals surface area contributed by atoms with Gasteiger partial charge in [0.1, 0.15) is 0 Å². The van der Waals surface area contributed by atoms with E-state index in [2.05, 4.69) is 94.6 Å². The van der Waals surface area contributed by atoms with Crippen LogP contribution in [-0.2, 0) is 5.41 Å². The van der Waals surface area contributed by atoms with E-state index >= 15 is 0 Å². The molecule has 0 nitrogen and oxygen atoms in total. The van der Waals surface area contributed by atoms with Gasteiger partial charge >= 0.3 is 0 Å². The molecule has 2 aromatic carbocycles. The van der Waals surface area contributed by atoms with Crippen molar-refractivity contribution < 1.29 is 0 Å². The molecular formula is C22H24. The summed E-state index contributed by atoms with van der Waals surface area (Å²) in [5.74, 6) is 0. The van der Waals surface area contributed by atoms with Gasteiger partial charge in [-0.2, -0.15) is 0 Å². The molecule has 0 fully saturated rings. The van der Waals surface area contributed by atoms with E-state index in [9.17, 15) is 0 Å². The van der Waals surface area contributed by atoms with Crippen LogP contribution in [0.5, 0.6) is 0 Å². The Balaban J connectivity index is 2.70. The molecule has 0 aliphatic carbocycles. The van der Waals surface area contributed by atoms with Gasteiger partial charge in [-0.3, -0.25) is 0 Å². The minimum atomic E-state index is -0.155. The van der Waals surface area contributed by atoms with Gasteiger partial charge in [-0.25, -0.2) is 0 Å². The van der Waals surface area contributed by atoms with Crippen molar-refractivity contribution in [1.82, 2.24) is 0 Å². The summed E-state index contributed by atoms with van der Waals surface area (Å²) in [6.45, 7) is 14.5. The first-order valence-corrected chi connectivity index (χ1v) is 7.65. The quantitative estimate of drug-likeness (QED) is 0.462. The molecule has 0 saturated heterocycles. The molecule has 0 bridgehead atoms. The van der Waals surface area contributed by atoms with Crippen LogP contribution in [0.3, 0.4) is 0 Å². The zero-order chi connectivity index (χ0) is 16.2. The topological polar surface area (TPSA) is 0 Å². The van der Waals surface area contributed by atoms with Gasteiger partial charge in [0.25, 0.3) is 0 Å². The van der Waals surface area contributed by atoms with E-state index in [0.29, 0.717) is 0 Å². The summed E-state index contributed by atoms with van der Waals surface area (Å²) in [6.07, 6.45) is 6.22. The third kappa shape index (κ3) is 2.82. The normalized spacial score (nSPS) is 13.8. The van der Waals surface area contributed by atoms with E-state index in [1.54, 1.807) is 0 Å². The molecule has 0 amide bonds.